The van der Waals surface area contributed by atoms with Gasteiger partial charge in [0, 0.05) is 22.1 Å². The molecule has 29 heavy (non-hydrogen) atoms. The minimum absolute atomic E-state index is 0.0510. The molecule has 2 unspecified atom stereocenters. The number of aliphatic hydroxyl groups is 1. The molecule has 2 aromatic rings. The van der Waals surface area contributed by atoms with Gasteiger partial charge >= 0.3 is 0 Å². The summed E-state index contributed by atoms with van der Waals surface area (Å²) in [5.74, 6) is 1.92. The van der Waals surface area contributed by atoms with E-state index < -0.39 is 5.60 Å². The van der Waals surface area contributed by atoms with Crippen LogP contribution < -0.4 is 10.1 Å². The molecule has 0 aliphatic heterocycles. The second kappa shape index (κ2) is 7.36. The fourth-order valence-electron chi connectivity index (χ4n) is 6.27. The second-order valence-corrected chi connectivity index (χ2v) is 10.4. The van der Waals surface area contributed by atoms with E-state index in [1.165, 1.54) is 31.4 Å². The third-order valence-corrected chi connectivity index (χ3v) is 7.51. The van der Waals surface area contributed by atoms with Crippen LogP contribution in [0.25, 0.3) is 0 Å². The van der Waals surface area contributed by atoms with Crippen LogP contribution in [-0.2, 0) is 13.2 Å². The predicted molar refractivity (Wildman–Crippen MR) is 114 cm³/mol. The first kappa shape index (κ1) is 19.5. The Labute approximate surface area is 179 Å². The number of halogens is 2. The minimum Gasteiger partial charge on any atom is -0.489 e. The molecule has 4 saturated carbocycles. The normalized spacial score (nSPS) is 32.5. The molecule has 2 aromatic carbocycles. The van der Waals surface area contributed by atoms with Crippen LogP contribution in [0.15, 0.2) is 46.9 Å². The summed E-state index contributed by atoms with van der Waals surface area (Å²) >= 11 is 3.58. The van der Waals surface area contributed by atoms with Crippen LogP contribution in [0.2, 0.25) is 0 Å². The third-order valence-electron chi connectivity index (χ3n) is 7.01. The number of hydrogen-bond donors (Lipinski definition) is 2. The summed E-state index contributed by atoms with van der Waals surface area (Å²) < 4.78 is 20.2. The topological polar surface area (TPSA) is 41.5 Å². The Kier molecular flexibility index (Phi) is 4.96. The standard InChI is InChI=1S/C24H27BrFNO2/c25-20-3-6-22(29-14-16-1-4-21(26)5-2-16)19(8-20)13-27-23-9-17-7-18(10-23)12-24(28,11-17)15-23/h1-6,8,17-18,27-28H,7,9-15H2. The van der Waals surface area contributed by atoms with Crippen LogP contribution in [0, 0.1) is 17.7 Å². The van der Waals surface area contributed by atoms with Gasteiger partial charge in [-0.3, -0.25) is 0 Å². The van der Waals surface area contributed by atoms with Crippen LogP contribution in [0.4, 0.5) is 4.39 Å². The van der Waals surface area contributed by atoms with Crippen LogP contribution in [0.1, 0.15) is 49.7 Å². The summed E-state index contributed by atoms with van der Waals surface area (Å²) in [5.41, 5.74) is 1.63. The fourth-order valence-corrected chi connectivity index (χ4v) is 6.68. The van der Waals surface area contributed by atoms with Gasteiger partial charge in [0.25, 0.3) is 0 Å². The zero-order chi connectivity index (χ0) is 20.1. The molecular formula is C24H27BrFNO2. The van der Waals surface area contributed by atoms with E-state index in [9.17, 15) is 9.50 Å². The van der Waals surface area contributed by atoms with E-state index in [2.05, 4.69) is 27.3 Å². The minimum atomic E-state index is -0.462. The molecule has 3 nitrogen and oxygen atoms in total. The molecule has 154 valence electrons. The number of ether oxygens (including phenoxy) is 1. The number of nitrogens with one attached hydrogen (secondary N) is 1. The van der Waals surface area contributed by atoms with Crippen molar-refractivity contribution in [3.05, 3.63) is 63.9 Å². The highest BCUT2D eigenvalue weighted by Gasteiger charge is 2.56. The number of rotatable bonds is 6. The van der Waals surface area contributed by atoms with Crippen molar-refractivity contribution >= 4 is 15.9 Å². The first-order chi connectivity index (χ1) is 13.9. The van der Waals surface area contributed by atoms with Gasteiger partial charge in [0.2, 0.25) is 0 Å². The second-order valence-electron chi connectivity index (χ2n) is 9.49. The lowest BCUT2D eigenvalue weighted by atomic mass is 9.51. The van der Waals surface area contributed by atoms with Gasteiger partial charge in [0.1, 0.15) is 18.2 Å². The lowest BCUT2D eigenvalue weighted by molar-refractivity contribution is -0.142. The monoisotopic (exact) mass is 459 g/mol. The van der Waals surface area contributed by atoms with E-state index >= 15 is 0 Å². The first-order valence-electron chi connectivity index (χ1n) is 10.5. The van der Waals surface area contributed by atoms with Gasteiger partial charge in [0.15, 0.2) is 0 Å². The fraction of sp³-hybridized carbons (Fsp3) is 0.500. The van der Waals surface area contributed by atoms with Crippen molar-refractivity contribution in [2.75, 3.05) is 0 Å². The van der Waals surface area contributed by atoms with E-state index in [0.717, 1.165) is 40.6 Å². The maximum atomic E-state index is 13.1. The third kappa shape index (κ3) is 4.10. The first-order valence-corrected chi connectivity index (χ1v) is 11.3. The molecule has 2 N–H and O–H groups in total. The molecule has 0 aromatic heterocycles. The average molecular weight is 460 g/mol. The molecule has 0 saturated heterocycles. The lowest BCUT2D eigenvalue weighted by Gasteiger charge is -2.60. The van der Waals surface area contributed by atoms with Gasteiger partial charge in [0.05, 0.1) is 5.60 Å². The van der Waals surface area contributed by atoms with Gasteiger partial charge in [-0.25, -0.2) is 4.39 Å². The van der Waals surface area contributed by atoms with Crippen molar-refractivity contribution in [3.63, 3.8) is 0 Å². The smallest absolute Gasteiger partial charge is 0.124 e. The molecule has 0 heterocycles. The molecule has 2 atom stereocenters. The molecule has 4 bridgehead atoms. The molecule has 5 heteroatoms. The quantitative estimate of drug-likeness (QED) is 0.612. The highest BCUT2D eigenvalue weighted by atomic mass is 79.9. The van der Waals surface area contributed by atoms with Gasteiger partial charge in [-0.1, -0.05) is 28.1 Å². The number of hydrogen-bond acceptors (Lipinski definition) is 3. The summed E-state index contributed by atoms with van der Waals surface area (Å²) in [6, 6.07) is 12.5. The summed E-state index contributed by atoms with van der Waals surface area (Å²) in [4.78, 5) is 0. The Morgan fingerprint density at radius 2 is 1.79 bits per heavy atom. The Morgan fingerprint density at radius 3 is 2.48 bits per heavy atom. The Morgan fingerprint density at radius 1 is 1.07 bits per heavy atom. The largest absolute Gasteiger partial charge is 0.489 e. The zero-order valence-electron chi connectivity index (χ0n) is 16.5. The van der Waals surface area contributed by atoms with Crippen LogP contribution in [-0.4, -0.2) is 16.2 Å². The molecule has 4 fully saturated rings. The Balaban J connectivity index is 1.30. The van der Waals surface area contributed by atoms with Crippen molar-refractivity contribution in [3.8, 4) is 5.75 Å². The van der Waals surface area contributed by atoms with Gasteiger partial charge < -0.3 is 15.2 Å². The summed E-state index contributed by atoms with van der Waals surface area (Å²) in [5, 5.41) is 14.8. The van der Waals surface area contributed by atoms with Gasteiger partial charge in [-0.05, 0) is 86.3 Å². The Bertz CT molecular complexity index is 886. The molecule has 0 radical (unpaired) electrons. The summed E-state index contributed by atoms with van der Waals surface area (Å²) in [6.07, 6.45) is 6.46. The predicted octanol–water partition coefficient (Wildman–Crippen LogP) is 5.34. The van der Waals surface area contributed by atoms with E-state index in [0.29, 0.717) is 25.0 Å². The van der Waals surface area contributed by atoms with Crippen molar-refractivity contribution in [1.29, 1.82) is 0 Å². The zero-order valence-corrected chi connectivity index (χ0v) is 18.1. The lowest BCUT2D eigenvalue weighted by Crippen LogP contribution is -2.64. The molecule has 0 amide bonds. The van der Waals surface area contributed by atoms with Crippen molar-refractivity contribution in [1.82, 2.24) is 5.32 Å². The van der Waals surface area contributed by atoms with E-state index in [1.54, 1.807) is 12.1 Å². The van der Waals surface area contributed by atoms with Crippen LogP contribution in [0.5, 0.6) is 5.75 Å². The summed E-state index contributed by atoms with van der Waals surface area (Å²) in [6.45, 7) is 1.12. The highest BCUT2D eigenvalue weighted by Crippen LogP contribution is 2.57. The van der Waals surface area contributed by atoms with E-state index in [4.69, 9.17) is 4.74 Å². The van der Waals surface area contributed by atoms with Crippen molar-refractivity contribution in [2.24, 2.45) is 11.8 Å². The maximum Gasteiger partial charge on any atom is 0.124 e. The van der Waals surface area contributed by atoms with E-state index in [-0.39, 0.29) is 11.4 Å². The molecule has 6 rings (SSSR count). The SMILES string of the molecule is OC12CC3CC(C1)CC(NCc1cc(Br)ccc1OCc1ccc(F)cc1)(C3)C2. The maximum absolute atomic E-state index is 13.1. The average Bonchev–Trinajstić information content (AvgIpc) is 2.65. The van der Waals surface area contributed by atoms with E-state index in [1.807, 2.05) is 12.1 Å². The van der Waals surface area contributed by atoms with Crippen molar-refractivity contribution in [2.45, 2.75) is 62.8 Å². The van der Waals surface area contributed by atoms with Crippen molar-refractivity contribution < 1.29 is 14.2 Å². The van der Waals surface area contributed by atoms with Crippen LogP contribution >= 0.6 is 15.9 Å². The van der Waals surface area contributed by atoms with Gasteiger partial charge in [-0.15, -0.1) is 0 Å². The Hall–Kier alpha value is -1.43. The molecular weight excluding hydrogens is 433 g/mol. The molecule has 4 aliphatic rings. The molecule has 0 spiro atoms. The number of benzene rings is 2. The highest BCUT2D eigenvalue weighted by molar-refractivity contribution is 9.10. The van der Waals surface area contributed by atoms with Gasteiger partial charge in [-0.2, -0.15) is 0 Å². The van der Waals surface area contributed by atoms with Crippen LogP contribution in [0.3, 0.4) is 0 Å². The molecule has 4 aliphatic carbocycles. The summed E-state index contributed by atoms with van der Waals surface area (Å²) in [7, 11) is 0.